The summed E-state index contributed by atoms with van der Waals surface area (Å²) in [5.41, 5.74) is -0.328. The minimum absolute atomic E-state index is 0.0104. The van der Waals surface area contributed by atoms with Crippen molar-refractivity contribution < 1.29 is 19.4 Å². The van der Waals surface area contributed by atoms with Crippen LogP contribution < -0.4 is 0 Å². The molecule has 4 atom stereocenters. The summed E-state index contributed by atoms with van der Waals surface area (Å²) in [7, 11) is 0. The van der Waals surface area contributed by atoms with Crippen molar-refractivity contribution in [2.24, 2.45) is 23.7 Å². The van der Waals surface area contributed by atoms with Crippen molar-refractivity contribution in [2.45, 2.75) is 51.0 Å². The van der Waals surface area contributed by atoms with Crippen LogP contribution in [0.25, 0.3) is 0 Å². The zero-order chi connectivity index (χ0) is 14.3. The second-order valence-corrected chi connectivity index (χ2v) is 6.50. The third-order valence-corrected chi connectivity index (χ3v) is 5.49. The zero-order valence-electron chi connectivity index (χ0n) is 11.9. The van der Waals surface area contributed by atoms with E-state index in [0.29, 0.717) is 0 Å². The molecule has 3 aliphatic rings. The molecule has 0 heterocycles. The maximum absolute atomic E-state index is 12.6. The van der Waals surface area contributed by atoms with Gasteiger partial charge in [-0.25, -0.2) is 0 Å². The Morgan fingerprint density at radius 2 is 1.80 bits per heavy atom. The van der Waals surface area contributed by atoms with Crippen LogP contribution in [0.15, 0.2) is 12.2 Å². The standard InChI is InChI=1S/C16H22O4/c1-2-16(7-3-4-8-16)20-15(19)13-11-6-5-10(9-11)12(13)14(17)18/h5-6,10-13H,2-4,7-9H2,1H3,(H,17,18). The van der Waals surface area contributed by atoms with Crippen molar-refractivity contribution >= 4 is 11.9 Å². The molecule has 0 spiro atoms. The summed E-state index contributed by atoms with van der Waals surface area (Å²) in [6, 6.07) is 0. The number of hydrogen-bond acceptors (Lipinski definition) is 3. The molecule has 0 radical (unpaired) electrons. The van der Waals surface area contributed by atoms with Gasteiger partial charge in [0.25, 0.3) is 0 Å². The van der Waals surface area contributed by atoms with E-state index in [4.69, 9.17) is 4.74 Å². The van der Waals surface area contributed by atoms with Gasteiger partial charge < -0.3 is 9.84 Å². The molecule has 20 heavy (non-hydrogen) atoms. The summed E-state index contributed by atoms with van der Waals surface area (Å²) >= 11 is 0. The highest BCUT2D eigenvalue weighted by Gasteiger charge is 2.53. The molecular weight excluding hydrogens is 256 g/mol. The lowest BCUT2D eigenvalue weighted by Crippen LogP contribution is -2.39. The van der Waals surface area contributed by atoms with E-state index in [2.05, 4.69) is 0 Å². The molecule has 2 bridgehead atoms. The molecule has 3 aliphatic carbocycles. The van der Waals surface area contributed by atoms with E-state index < -0.39 is 17.8 Å². The molecule has 1 N–H and O–H groups in total. The zero-order valence-corrected chi connectivity index (χ0v) is 11.9. The largest absolute Gasteiger partial charge is 0.481 e. The Kier molecular flexibility index (Phi) is 3.35. The van der Waals surface area contributed by atoms with E-state index in [1.54, 1.807) is 0 Å². The van der Waals surface area contributed by atoms with Gasteiger partial charge in [-0.15, -0.1) is 0 Å². The highest BCUT2D eigenvalue weighted by molar-refractivity contribution is 5.83. The summed E-state index contributed by atoms with van der Waals surface area (Å²) in [4.78, 5) is 24.0. The highest BCUT2D eigenvalue weighted by atomic mass is 16.6. The highest BCUT2D eigenvalue weighted by Crippen LogP contribution is 2.49. The fourth-order valence-electron chi connectivity index (χ4n) is 4.31. The number of esters is 1. The molecule has 0 saturated heterocycles. The van der Waals surface area contributed by atoms with Crippen molar-refractivity contribution in [1.29, 1.82) is 0 Å². The van der Waals surface area contributed by atoms with Gasteiger partial charge in [0, 0.05) is 0 Å². The molecular formula is C16H22O4. The number of ether oxygens (including phenoxy) is 1. The monoisotopic (exact) mass is 278 g/mol. The Hall–Kier alpha value is -1.32. The summed E-state index contributed by atoms with van der Waals surface area (Å²) in [5, 5.41) is 9.40. The summed E-state index contributed by atoms with van der Waals surface area (Å²) in [6.45, 7) is 2.05. The molecule has 4 heteroatoms. The number of allylic oxidation sites excluding steroid dienone is 2. The van der Waals surface area contributed by atoms with Crippen LogP contribution in [0.1, 0.15) is 45.4 Å². The number of carbonyl (C=O) groups excluding carboxylic acids is 1. The topological polar surface area (TPSA) is 63.6 Å². The first-order chi connectivity index (χ1) is 9.56. The Morgan fingerprint density at radius 1 is 1.20 bits per heavy atom. The summed E-state index contributed by atoms with van der Waals surface area (Å²) in [6.07, 6.45) is 9.61. The lowest BCUT2D eigenvalue weighted by atomic mass is 9.83. The molecule has 110 valence electrons. The lowest BCUT2D eigenvalue weighted by molar-refractivity contribution is -0.171. The molecule has 4 unspecified atom stereocenters. The SMILES string of the molecule is CCC1(OC(=O)C2C3C=CC(C3)C2C(=O)O)CCCC1. The molecule has 3 rings (SSSR count). The van der Waals surface area contributed by atoms with Gasteiger partial charge in [-0.1, -0.05) is 19.1 Å². The van der Waals surface area contributed by atoms with Gasteiger partial charge in [0.15, 0.2) is 0 Å². The Bertz CT molecular complexity index is 447. The maximum Gasteiger partial charge on any atom is 0.310 e. The molecule has 0 aromatic rings. The molecule has 2 saturated carbocycles. The van der Waals surface area contributed by atoms with E-state index in [9.17, 15) is 14.7 Å². The van der Waals surface area contributed by atoms with Gasteiger partial charge in [-0.05, 0) is 50.4 Å². The molecule has 2 fully saturated rings. The van der Waals surface area contributed by atoms with E-state index in [1.807, 2.05) is 19.1 Å². The first-order valence-electron chi connectivity index (χ1n) is 7.70. The van der Waals surface area contributed by atoms with Crippen molar-refractivity contribution in [3.63, 3.8) is 0 Å². The van der Waals surface area contributed by atoms with Gasteiger partial charge in [0.05, 0.1) is 11.8 Å². The van der Waals surface area contributed by atoms with Crippen LogP contribution in [0, 0.1) is 23.7 Å². The fraction of sp³-hybridized carbons (Fsp3) is 0.750. The molecule has 0 aromatic carbocycles. The first kappa shape index (κ1) is 13.7. The smallest absolute Gasteiger partial charge is 0.310 e. The quantitative estimate of drug-likeness (QED) is 0.634. The Balaban J connectivity index is 1.76. The number of carbonyl (C=O) groups is 2. The average Bonchev–Trinajstić information content (AvgIpc) is 3.13. The molecule has 4 nitrogen and oxygen atoms in total. The van der Waals surface area contributed by atoms with Crippen molar-refractivity contribution in [1.82, 2.24) is 0 Å². The van der Waals surface area contributed by atoms with Crippen molar-refractivity contribution in [3.8, 4) is 0 Å². The summed E-state index contributed by atoms with van der Waals surface area (Å²) < 4.78 is 5.83. The van der Waals surface area contributed by atoms with Crippen LogP contribution in [0.4, 0.5) is 0 Å². The number of carboxylic acids is 1. The number of rotatable bonds is 4. The van der Waals surface area contributed by atoms with Crippen LogP contribution in [-0.2, 0) is 14.3 Å². The lowest BCUT2D eigenvalue weighted by Gasteiger charge is -2.32. The third kappa shape index (κ3) is 2.05. The van der Waals surface area contributed by atoms with Crippen LogP contribution in [0.5, 0.6) is 0 Å². The molecule has 0 aromatic heterocycles. The summed E-state index contributed by atoms with van der Waals surface area (Å²) in [5.74, 6) is -2.14. The van der Waals surface area contributed by atoms with Gasteiger partial charge >= 0.3 is 11.9 Å². The third-order valence-electron chi connectivity index (χ3n) is 5.49. The van der Waals surface area contributed by atoms with Gasteiger partial charge in [0.2, 0.25) is 0 Å². The molecule has 0 amide bonds. The second kappa shape index (κ2) is 4.90. The van der Waals surface area contributed by atoms with Crippen molar-refractivity contribution in [3.05, 3.63) is 12.2 Å². The number of hydrogen-bond donors (Lipinski definition) is 1. The number of aliphatic carboxylic acids is 1. The molecule has 0 aliphatic heterocycles. The van der Waals surface area contributed by atoms with Gasteiger partial charge in [-0.3, -0.25) is 9.59 Å². The van der Waals surface area contributed by atoms with E-state index >= 15 is 0 Å². The van der Waals surface area contributed by atoms with Gasteiger partial charge in [-0.2, -0.15) is 0 Å². The maximum atomic E-state index is 12.6. The van der Waals surface area contributed by atoms with E-state index in [0.717, 1.165) is 38.5 Å². The fourth-order valence-corrected chi connectivity index (χ4v) is 4.31. The van der Waals surface area contributed by atoms with E-state index in [-0.39, 0.29) is 23.4 Å². The Morgan fingerprint density at radius 3 is 2.35 bits per heavy atom. The van der Waals surface area contributed by atoms with Crippen LogP contribution in [-0.4, -0.2) is 22.6 Å². The second-order valence-electron chi connectivity index (χ2n) is 6.50. The predicted octanol–water partition coefficient (Wildman–Crippen LogP) is 2.78. The van der Waals surface area contributed by atoms with E-state index in [1.165, 1.54) is 0 Å². The van der Waals surface area contributed by atoms with Crippen LogP contribution >= 0.6 is 0 Å². The van der Waals surface area contributed by atoms with Crippen LogP contribution in [0.2, 0.25) is 0 Å². The van der Waals surface area contributed by atoms with Gasteiger partial charge in [0.1, 0.15) is 5.60 Å². The Labute approximate surface area is 119 Å². The number of fused-ring (bicyclic) bond motifs is 2. The average molecular weight is 278 g/mol. The van der Waals surface area contributed by atoms with Crippen molar-refractivity contribution in [2.75, 3.05) is 0 Å². The normalized spacial score (nSPS) is 37.2. The predicted molar refractivity (Wildman–Crippen MR) is 72.9 cm³/mol. The minimum Gasteiger partial charge on any atom is -0.481 e. The first-order valence-corrected chi connectivity index (χ1v) is 7.70. The number of carboxylic acid groups (broad SMARTS) is 1. The van der Waals surface area contributed by atoms with Crippen LogP contribution in [0.3, 0.4) is 0 Å². The minimum atomic E-state index is -0.860.